The van der Waals surface area contributed by atoms with E-state index in [-0.39, 0.29) is 18.9 Å². The molecule has 258 valence electrons. The number of aliphatic hydroxyl groups is 3. The summed E-state index contributed by atoms with van der Waals surface area (Å²) in [5.74, 6) is -1.66. The van der Waals surface area contributed by atoms with Crippen molar-refractivity contribution in [3.8, 4) is 0 Å². The van der Waals surface area contributed by atoms with E-state index in [2.05, 4.69) is 29.2 Å². The second kappa shape index (κ2) is 25.4. The molecule has 11 nitrogen and oxygen atoms in total. The summed E-state index contributed by atoms with van der Waals surface area (Å²) in [6.07, 6.45) is 12.5. The lowest BCUT2D eigenvalue weighted by molar-refractivity contribution is -0.295. The Morgan fingerprint density at radius 2 is 1.20 bits per heavy atom. The van der Waals surface area contributed by atoms with Gasteiger partial charge in [-0.3, -0.25) is 9.59 Å². The standard InChI is InChI=1S/C33H62N2O9/c1-4-6-8-10-12-14-16-18-20-22-26(36)35-25(31(40)34-23-21-19-17-15-13-11-9-7-5-2)24-43-33-29(39)27(37)28(38)30(44-33)32(41)42-3/h25,27-30,33,37-39H,4-24H2,1-3H3,(H,34,40)(H,35,36)/t25-,27-,28+,29+,30-,33-/m0/s1. The first-order valence-electron chi connectivity index (χ1n) is 17.2. The lowest BCUT2D eigenvalue weighted by Gasteiger charge is -2.39. The third-order valence-electron chi connectivity index (χ3n) is 8.17. The number of hydrogen-bond acceptors (Lipinski definition) is 9. The molecule has 1 rings (SSSR count). The van der Waals surface area contributed by atoms with Crippen LogP contribution in [0.3, 0.4) is 0 Å². The Morgan fingerprint density at radius 3 is 1.73 bits per heavy atom. The molecule has 0 aromatic heterocycles. The predicted octanol–water partition coefficient (Wildman–Crippen LogP) is 4.04. The van der Waals surface area contributed by atoms with Gasteiger partial charge in [0.25, 0.3) is 0 Å². The van der Waals surface area contributed by atoms with Crippen molar-refractivity contribution in [2.75, 3.05) is 20.3 Å². The van der Waals surface area contributed by atoms with Crippen LogP contribution in [0, 0.1) is 0 Å². The Labute approximate surface area is 265 Å². The van der Waals surface area contributed by atoms with E-state index in [0.29, 0.717) is 13.0 Å². The van der Waals surface area contributed by atoms with Crippen molar-refractivity contribution in [1.82, 2.24) is 10.6 Å². The molecule has 1 fully saturated rings. The van der Waals surface area contributed by atoms with E-state index in [0.717, 1.165) is 45.6 Å². The number of amides is 2. The molecule has 0 bridgehead atoms. The summed E-state index contributed by atoms with van der Waals surface area (Å²) in [5, 5.41) is 36.3. The average Bonchev–Trinajstić information content (AvgIpc) is 3.02. The number of hydrogen-bond donors (Lipinski definition) is 5. The van der Waals surface area contributed by atoms with E-state index < -0.39 is 48.6 Å². The van der Waals surface area contributed by atoms with Crippen LogP contribution in [-0.2, 0) is 28.6 Å². The normalized spacial score (nSPS) is 22.4. The van der Waals surface area contributed by atoms with Crippen molar-refractivity contribution in [3.63, 3.8) is 0 Å². The van der Waals surface area contributed by atoms with Gasteiger partial charge in [0.1, 0.15) is 24.4 Å². The highest BCUT2D eigenvalue weighted by molar-refractivity contribution is 5.87. The molecule has 2 amide bonds. The molecule has 44 heavy (non-hydrogen) atoms. The van der Waals surface area contributed by atoms with Crippen molar-refractivity contribution in [1.29, 1.82) is 0 Å². The highest BCUT2D eigenvalue weighted by Crippen LogP contribution is 2.23. The van der Waals surface area contributed by atoms with Gasteiger partial charge in [0.05, 0.1) is 13.7 Å². The molecular weight excluding hydrogens is 568 g/mol. The molecular formula is C33H62N2O9. The van der Waals surface area contributed by atoms with Crippen LogP contribution >= 0.6 is 0 Å². The lowest BCUT2D eigenvalue weighted by atomic mass is 9.99. The van der Waals surface area contributed by atoms with Crippen molar-refractivity contribution >= 4 is 17.8 Å². The zero-order valence-corrected chi connectivity index (χ0v) is 27.6. The zero-order chi connectivity index (χ0) is 32.6. The Bertz CT molecular complexity index is 770. The number of carbonyl (C=O) groups excluding carboxylic acids is 3. The molecule has 5 N–H and O–H groups in total. The largest absolute Gasteiger partial charge is 0.467 e. The molecule has 0 saturated carbocycles. The summed E-state index contributed by atoms with van der Waals surface area (Å²) in [6.45, 7) is 4.49. The molecule has 0 spiro atoms. The molecule has 0 aromatic carbocycles. The second-order valence-electron chi connectivity index (χ2n) is 12.1. The van der Waals surface area contributed by atoms with Crippen LogP contribution in [0.1, 0.15) is 136 Å². The molecule has 1 heterocycles. The van der Waals surface area contributed by atoms with Gasteiger partial charge in [0.2, 0.25) is 11.8 Å². The van der Waals surface area contributed by atoms with E-state index in [9.17, 15) is 29.7 Å². The number of aliphatic hydroxyl groups excluding tert-OH is 3. The Balaban J connectivity index is 2.58. The first-order valence-corrected chi connectivity index (χ1v) is 17.2. The Morgan fingerprint density at radius 1 is 0.705 bits per heavy atom. The summed E-state index contributed by atoms with van der Waals surface area (Å²) in [4.78, 5) is 37.8. The van der Waals surface area contributed by atoms with Gasteiger partial charge in [-0.1, -0.05) is 117 Å². The quantitative estimate of drug-likeness (QED) is 0.0701. The van der Waals surface area contributed by atoms with Crippen molar-refractivity contribution in [2.24, 2.45) is 0 Å². The molecule has 1 saturated heterocycles. The first kappa shape index (κ1) is 40.2. The Hall–Kier alpha value is -1.79. The topological polar surface area (TPSA) is 164 Å². The summed E-state index contributed by atoms with van der Waals surface area (Å²) < 4.78 is 15.6. The predicted molar refractivity (Wildman–Crippen MR) is 169 cm³/mol. The van der Waals surface area contributed by atoms with Crippen molar-refractivity contribution < 1.29 is 43.9 Å². The van der Waals surface area contributed by atoms with Crippen LogP contribution in [-0.4, -0.2) is 90.1 Å². The van der Waals surface area contributed by atoms with Gasteiger partial charge >= 0.3 is 5.97 Å². The van der Waals surface area contributed by atoms with Crippen LogP contribution in [0.5, 0.6) is 0 Å². The van der Waals surface area contributed by atoms with Gasteiger partial charge in [0.15, 0.2) is 12.4 Å². The van der Waals surface area contributed by atoms with Gasteiger partial charge in [0, 0.05) is 13.0 Å². The monoisotopic (exact) mass is 630 g/mol. The SMILES string of the molecule is CCCCCCCCCCCNC(=O)[C@H](CO[C@H]1O[C@H](C(=O)OC)[C@H](O)[C@H](O)[C@H]1O)NC(=O)CCCCCCCCCCC. The van der Waals surface area contributed by atoms with Crippen molar-refractivity contribution in [3.05, 3.63) is 0 Å². The van der Waals surface area contributed by atoms with Crippen LogP contribution < -0.4 is 10.6 Å². The number of ether oxygens (including phenoxy) is 3. The van der Waals surface area contributed by atoms with Crippen LogP contribution in [0.2, 0.25) is 0 Å². The van der Waals surface area contributed by atoms with E-state index in [1.165, 1.54) is 70.6 Å². The highest BCUT2D eigenvalue weighted by Gasteiger charge is 2.48. The van der Waals surface area contributed by atoms with Gasteiger partial charge in [-0.15, -0.1) is 0 Å². The fourth-order valence-corrected chi connectivity index (χ4v) is 5.30. The maximum Gasteiger partial charge on any atom is 0.337 e. The maximum absolute atomic E-state index is 13.1. The second-order valence-corrected chi connectivity index (χ2v) is 12.1. The number of esters is 1. The minimum Gasteiger partial charge on any atom is -0.467 e. The van der Waals surface area contributed by atoms with Crippen LogP contribution in [0.15, 0.2) is 0 Å². The number of nitrogens with one attached hydrogen (secondary N) is 2. The van der Waals surface area contributed by atoms with Gasteiger partial charge in [-0.2, -0.15) is 0 Å². The van der Waals surface area contributed by atoms with E-state index in [1.54, 1.807) is 0 Å². The smallest absolute Gasteiger partial charge is 0.337 e. The summed E-state index contributed by atoms with van der Waals surface area (Å²) in [6, 6.07) is -1.07. The first-order chi connectivity index (χ1) is 21.3. The number of unbranched alkanes of at least 4 members (excludes halogenated alkanes) is 16. The van der Waals surface area contributed by atoms with E-state index in [4.69, 9.17) is 9.47 Å². The summed E-state index contributed by atoms with van der Waals surface area (Å²) in [7, 11) is 1.10. The van der Waals surface area contributed by atoms with Gasteiger partial charge in [-0.05, 0) is 12.8 Å². The van der Waals surface area contributed by atoms with E-state index >= 15 is 0 Å². The van der Waals surface area contributed by atoms with E-state index in [1.807, 2.05) is 0 Å². The highest BCUT2D eigenvalue weighted by atomic mass is 16.7. The molecule has 0 unspecified atom stereocenters. The van der Waals surface area contributed by atoms with Gasteiger partial charge in [-0.25, -0.2) is 4.79 Å². The number of methoxy groups -OCH3 is 1. The molecule has 0 radical (unpaired) electrons. The fraction of sp³-hybridized carbons (Fsp3) is 0.909. The number of rotatable bonds is 26. The lowest BCUT2D eigenvalue weighted by Crippen LogP contribution is -2.61. The molecule has 1 aliphatic heterocycles. The minimum atomic E-state index is -1.74. The van der Waals surface area contributed by atoms with Crippen LogP contribution in [0.25, 0.3) is 0 Å². The molecule has 6 atom stereocenters. The average molecular weight is 631 g/mol. The minimum absolute atomic E-state index is 0.274. The third-order valence-corrected chi connectivity index (χ3v) is 8.17. The van der Waals surface area contributed by atoms with Gasteiger partial charge < -0.3 is 40.2 Å². The summed E-state index contributed by atoms with van der Waals surface area (Å²) >= 11 is 0. The fourth-order valence-electron chi connectivity index (χ4n) is 5.30. The summed E-state index contributed by atoms with van der Waals surface area (Å²) in [5.41, 5.74) is 0. The van der Waals surface area contributed by atoms with Crippen LogP contribution in [0.4, 0.5) is 0 Å². The van der Waals surface area contributed by atoms with Crippen molar-refractivity contribution in [2.45, 2.75) is 173 Å². The zero-order valence-electron chi connectivity index (χ0n) is 27.6. The number of carbonyl (C=O) groups is 3. The molecule has 0 aromatic rings. The third kappa shape index (κ3) is 17.1. The molecule has 11 heteroatoms. The maximum atomic E-state index is 13.1. The molecule has 1 aliphatic rings. The Kier molecular flexibility index (Phi) is 23.2. The molecule has 0 aliphatic carbocycles.